The van der Waals surface area contributed by atoms with Crippen LogP contribution < -0.4 is 5.32 Å². The monoisotopic (exact) mass is 282 g/mol. The van der Waals surface area contributed by atoms with Crippen LogP contribution in [0.15, 0.2) is 59.3 Å². The Kier molecular flexibility index (Phi) is 4.12. The van der Waals surface area contributed by atoms with Gasteiger partial charge in [0.2, 0.25) is 0 Å². The molecule has 0 saturated heterocycles. The Morgan fingerprint density at radius 1 is 1.19 bits per heavy atom. The fraction of sp³-hybridized carbons (Fsp3) is 0.250. The maximum absolute atomic E-state index is 5.52. The molecule has 5 nitrogen and oxygen atoms in total. The number of nitrogens with zero attached hydrogens (tertiary/aromatic N) is 3. The Balaban J connectivity index is 1.88. The SMILES string of the molecule is CCCNC(c1cnn(-c2ccccc2)n1)c1ccco1. The Morgan fingerprint density at radius 2 is 2.05 bits per heavy atom. The summed E-state index contributed by atoms with van der Waals surface area (Å²) in [4.78, 5) is 1.64. The van der Waals surface area contributed by atoms with Crippen LogP contribution in [-0.4, -0.2) is 21.5 Å². The molecule has 0 bridgehead atoms. The quantitative estimate of drug-likeness (QED) is 0.755. The molecule has 5 heteroatoms. The van der Waals surface area contributed by atoms with Gasteiger partial charge in [-0.05, 0) is 37.2 Å². The fourth-order valence-corrected chi connectivity index (χ4v) is 2.19. The average Bonchev–Trinajstić information content (AvgIpc) is 3.21. The van der Waals surface area contributed by atoms with E-state index in [9.17, 15) is 0 Å². The van der Waals surface area contributed by atoms with Crippen molar-refractivity contribution in [2.75, 3.05) is 6.54 Å². The summed E-state index contributed by atoms with van der Waals surface area (Å²) in [5.74, 6) is 0.851. The van der Waals surface area contributed by atoms with Crippen molar-refractivity contribution in [2.45, 2.75) is 19.4 Å². The highest BCUT2D eigenvalue weighted by Gasteiger charge is 2.19. The maximum atomic E-state index is 5.52. The molecule has 0 fully saturated rings. The predicted octanol–water partition coefficient (Wildman–Crippen LogP) is 2.95. The number of aromatic nitrogens is 3. The van der Waals surface area contributed by atoms with Crippen LogP contribution in [0.1, 0.15) is 30.8 Å². The largest absolute Gasteiger partial charge is 0.467 e. The molecule has 21 heavy (non-hydrogen) atoms. The van der Waals surface area contributed by atoms with Crippen LogP contribution in [-0.2, 0) is 0 Å². The minimum atomic E-state index is -0.0718. The molecule has 1 unspecified atom stereocenters. The van der Waals surface area contributed by atoms with Gasteiger partial charge in [0.05, 0.1) is 18.1 Å². The van der Waals surface area contributed by atoms with E-state index in [-0.39, 0.29) is 6.04 Å². The molecule has 0 aliphatic heterocycles. The number of hydrogen-bond acceptors (Lipinski definition) is 4. The molecule has 0 aliphatic rings. The Labute approximate surface area is 123 Å². The summed E-state index contributed by atoms with van der Waals surface area (Å²) in [5.41, 5.74) is 1.79. The standard InChI is InChI=1S/C16H18N4O/c1-2-10-17-16(15-9-6-11-21-15)14-12-18-20(19-14)13-7-4-3-5-8-13/h3-9,11-12,16-17H,2,10H2,1H3. The van der Waals surface area contributed by atoms with Gasteiger partial charge in [0.15, 0.2) is 0 Å². The van der Waals surface area contributed by atoms with Crippen LogP contribution in [0.3, 0.4) is 0 Å². The summed E-state index contributed by atoms with van der Waals surface area (Å²) in [7, 11) is 0. The van der Waals surface area contributed by atoms with Gasteiger partial charge >= 0.3 is 0 Å². The van der Waals surface area contributed by atoms with Crippen LogP contribution in [0.4, 0.5) is 0 Å². The molecule has 3 rings (SSSR count). The first-order chi connectivity index (χ1) is 10.4. The second-order valence-corrected chi connectivity index (χ2v) is 4.80. The van der Waals surface area contributed by atoms with Crippen molar-refractivity contribution in [3.63, 3.8) is 0 Å². The number of nitrogens with one attached hydrogen (secondary N) is 1. The van der Waals surface area contributed by atoms with E-state index in [2.05, 4.69) is 22.4 Å². The maximum Gasteiger partial charge on any atom is 0.126 e. The molecule has 0 aliphatic carbocycles. The van der Waals surface area contributed by atoms with E-state index >= 15 is 0 Å². The van der Waals surface area contributed by atoms with E-state index in [1.807, 2.05) is 42.5 Å². The molecule has 1 aromatic carbocycles. The third-order valence-corrected chi connectivity index (χ3v) is 3.22. The Morgan fingerprint density at radius 3 is 2.76 bits per heavy atom. The molecule has 108 valence electrons. The van der Waals surface area contributed by atoms with Crippen LogP contribution in [0, 0.1) is 0 Å². The first-order valence-corrected chi connectivity index (χ1v) is 7.13. The van der Waals surface area contributed by atoms with E-state index in [1.165, 1.54) is 0 Å². The lowest BCUT2D eigenvalue weighted by Gasteiger charge is -2.13. The summed E-state index contributed by atoms with van der Waals surface area (Å²) in [6, 6.07) is 13.6. The van der Waals surface area contributed by atoms with Crippen molar-refractivity contribution >= 4 is 0 Å². The van der Waals surface area contributed by atoms with Crippen molar-refractivity contribution in [3.8, 4) is 5.69 Å². The lowest BCUT2D eigenvalue weighted by Crippen LogP contribution is -2.23. The topological polar surface area (TPSA) is 55.9 Å². The molecule has 0 amide bonds. The van der Waals surface area contributed by atoms with Gasteiger partial charge in [0.25, 0.3) is 0 Å². The molecule has 0 spiro atoms. The second-order valence-electron chi connectivity index (χ2n) is 4.80. The summed E-state index contributed by atoms with van der Waals surface area (Å²) < 4.78 is 5.52. The van der Waals surface area contributed by atoms with E-state index in [1.54, 1.807) is 17.3 Å². The van der Waals surface area contributed by atoms with E-state index in [4.69, 9.17) is 4.42 Å². The number of benzene rings is 1. The van der Waals surface area contributed by atoms with Gasteiger partial charge in [-0.1, -0.05) is 25.1 Å². The van der Waals surface area contributed by atoms with Gasteiger partial charge in [0, 0.05) is 0 Å². The van der Waals surface area contributed by atoms with Crippen LogP contribution in [0.25, 0.3) is 5.69 Å². The highest BCUT2D eigenvalue weighted by atomic mass is 16.3. The molecule has 1 atom stereocenters. The average molecular weight is 282 g/mol. The van der Waals surface area contributed by atoms with Crippen LogP contribution in [0.2, 0.25) is 0 Å². The minimum Gasteiger partial charge on any atom is -0.467 e. The van der Waals surface area contributed by atoms with Crippen LogP contribution >= 0.6 is 0 Å². The number of hydrogen-bond donors (Lipinski definition) is 1. The van der Waals surface area contributed by atoms with Crippen molar-refractivity contribution in [2.24, 2.45) is 0 Å². The Hall–Kier alpha value is -2.40. The van der Waals surface area contributed by atoms with Gasteiger partial charge < -0.3 is 9.73 Å². The van der Waals surface area contributed by atoms with Crippen LogP contribution in [0.5, 0.6) is 0 Å². The molecular formula is C16H18N4O. The lowest BCUT2D eigenvalue weighted by molar-refractivity contribution is 0.440. The molecule has 0 saturated carbocycles. The zero-order valence-corrected chi connectivity index (χ0v) is 11.9. The third kappa shape index (κ3) is 3.03. The van der Waals surface area contributed by atoms with Crippen molar-refractivity contribution < 1.29 is 4.42 Å². The first-order valence-electron chi connectivity index (χ1n) is 7.13. The lowest BCUT2D eigenvalue weighted by atomic mass is 10.1. The van der Waals surface area contributed by atoms with Gasteiger partial charge in [-0.15, -0.1) is 0 Å². The summed E-state index contributed by atoms with van der Waals surface area (Å²) >= 11 is 0. The van der Waals surface area contributed by atoms with E-state index in [0.29, 0.717) is 0 Å². The van der Waals surface area contributed by atoms with Gasteiger partial charge in [0.1, 0.15) is 17.5 Å². The number of furan rings is 1. The molecule has 1 N–H and O–H groups in total. The molecular weight excluding hydrogens is 264 g/mol. The summed E-state index contributed by atoms with van der Waals surface area (Å²) in [6.45, 7) is 3.02. The van der Waals surface area contributed by atoms with Gasteiger partial charge in [-0.25, -0.2) is 0 Å². The van der Waals surface area contributed by atoms with Gasteiger partial charge in [-0.2, -0.15) is 15.0 Å². The van der Waals surface area contributed by atoms with E-state index in [0.717, 1.165) is 30.1 Å². The first kappa shape index (κ1) is 13.6. The zero-order valence-electron chi connectivity index (χ0n) is 11.9. The number of para-hydroxylation sites is 1. The molecule has 2 heterocycles. The highest BCUT2D eigenvalue weighted by molar-refractivity contribution is 5.29. The van der Waals surface area contributed by atoms with Crippen molar-refractivity contribution in [1.82, 2.24) is 20.3 Å². The zero-order chi connectivity index (χ0) is 14.5. The molecule has 0 radical (unpaired) electrons. The fourth-order valence-electron chi connectivity index (χ4n) is 2.19. The predicted molar refractivity (Wildman–Crippen MR) is 80.2 cm³/mol. The van der Waals surface area contributed by atoms with E-state index < -0.39 is 0 Å². The van der Waals surface area contributed by atoms with Crippen molar-refractivity contribution in [3.05, 3.63) is 66.4 Å². The molecule has 2 aromatic heterocycles. The van der Waals surface area contributed by atoms with Gasteiger partial charge in [-0.3, -0.25) is 0 Å². The normalized spacial score (nSPS) is 12.4. The smallest absolute Gasteiger partial charge is 0.126 e. The third-order valence-electron chi connectivity index (χ3n) is 3.22. The molecule has 3 aromatic rings. The van der Waals surface area contributed by atoms with Crippen molar-refractivity contribution in [1.29, 1.82) is 0 Å². The number of rotatable bonds is 6. The summed E-state index contributed by atoms with van der Waals surface area (Å²) in [6.07, 6.45) is 4.50. The highest BCUT2D eigenvalue weighted by Crippen LogP contribution is 2.20. The second kappa shape index (κ2) is 6.37. The Bertz CT molecular complexity index is 661. The minimum absolute atomic E-state index is 0.0718. The summed E-state index contributed by atoms with van der Waals surface area (Å²) in [5, 5.41) is 12.4.